The van der Waals surface area contributed by atoms with Gasteiger partial charge in [0.1, 0.15) is 5.82 Å². The van der Waals surface area contributed by atoms with Crippen molar-refractivity contribution < 1.29 is 74.0 Å². The number of aliphatic carboxylic acids is 3. The summed E-state index contributed by atoms with van der Waals surface area (Å²) >= 11 is 0. The molecule has 2 fully saturated rings. The number of aromatic nitrogens is 3. The molecule has 21 heteroatoms. The molecular formula is C25H30F9N5O7. The number of hydrogen-bond donors (Lipinski definition) is 3. The van der Waals surface area contributed by atoms with Gasteiger partial charge in [-0.2, -0.15) is 39.5 Å². The molecule has 3 N–H and O–H groups in total. The summed E-state index contributed by atoms with van der Waals surface area (Å²) in [5.41, 5.74) is 1.57. The second-order valence-corrected chi connectivity index (χ2v) is 9.94. The summed E-state index contributed by atoms with van der Waals surface area (Å²) in [6, 6.07) is 4.22. The van der Waals surface area contributed by atoms with Gasteiger partial charge in [0.25, 0.3) is 0 Å². The monoisotopic (exact) mass is 683 g/mol. The van der Waals surface area contributed by atoms with Gasteiger partial charge in [-0.25, -0.2) is 19.4 Å². The van der Waals surface area contributed by atoms with E-state index in [1.54, 1.807) is 0 Å². The Morgan fingerprint density at radius 2 is 1.26 bits per heavy atom. The highest BCUT2D eigenvalue weighted by Gasteiger charge is 2.42. The first kappa shape index (κ1) is 40.0. The molecule has 2 saturated heterocycles. The van der Waals surface area contributed by atoms with Gasteiger partial charge < -0.3 is 24.6 Å². The fraction of sp³-hybridized carbons (Fsp3) is 0.560. The topological polar surface area (TPSA) is 158 Å². The largest absolute Gasteiger partial charge is 0.490 e. The minimum atomic E-state index is -5.08. The van der Waals surface area contributed by atoms with Gasteiger partial charge in [-0.05, 0) is 30.7 Å². The molecule has 2 aromatic heterocycles. The first-order valence-corrected chi connectivity index (χ1v) is 12.8. The number of likely N-dealkylation sites (tertiary alicyclic amines) is 1. The zero-order chi connectivity index (χ0) is 35.3. The molecular weight excluding hydrogens is 653 g/mol. The Labute approximate surface area is 255 Å². The van der Waals surface area contributed by atoms with E-state index in [0.29, 0.717) is 0 Å². The van der Waals surface area contributed by atoms with E-state index in [-0.39, 0.29) is 5.41 Å². The third-order valence-electron chi connectivity index (χ3n) is 6.21. The number of imidazole rings is 1. The van der Waals surface area contributed by atoms with Crippen molar-refractivity contribution in [1.29, 1.82) is 0 Å². The molecule has 260 valence electrons. The van der Waals surface area contributed by atoms with Gasteiger partial charge in [0.2, 0.25) is 0 Å². The van der Waals surface area contributed by atoms with Crippen LogP contribution in [0, 0.1) is 5.41 Å². The quantitative estimate of drug-likeness (QED) is 0.406. The number of pyridine rings is 1. The molecule has 0 aromatic carbocycles. The maximum atomic E-state index is 10.6. The zero-order valence-electron chi connectivity index (χ0n) is 23.9. The van der Waals surface area contributed by atoms with Crippen molar-refractivity contribution in [3.63, 3.8) is 0 Å². The Bertz CT molecular complexity index is 1200. The number of carboxylic acid groups (broad SMARTS) is 3. The first-order valence-electron chi connectivity index (χ1n) is 12.8. The number of aryl methyl sites for hydroxylation is 1. The average molecular weight is 684 g/mol. The van der Waals surface area contributed by atoms with E-state index < -0.39 is 36.4 Å². The molecule has 1 spiro atoms. The van der Waals surface area contributed by atoms with Crippen molar-refractivity contribution >= 4 is 17.9 Å². The lowest BCUT2D eigenvalue weighted by molar-refractivity contribution is -0.193. The van der Waals surface area contributed by atoms with Crippen LogP contribution in [0.5, 0.6) is 0 Å². The van der Waals surface area contributed by atoms with Crippen LogP contribution >= 0.6 is 0 Å². The molecule has 0 aliphatic carbocycles. The van der Waals surface area contributed by atoms with Crippen LogP contribution in [0.3, 0.4) is 0 Å². The van der Waals surface area contributed by atoms with Gasteiger partial charge in [-0.15, -0.1) is 0 Å². The summed E-state index contributed by atoms with van der Waals surface area (Å²) in [5, 5.41) is 21.4. The molecule has 0 amide bonds. The Morgan fingerprint density at radius 3 is 1.67 bits per heavy atom. The normalized spacial score (nSPS) is 19.0. The van der Waals surface area contributed by atoms with Crippen LogP contribution in [-0.2, 0) is 39.3 Å². The van der Waals surface area contributed by atoms with Gasteiger partial charge in [0.15, 0.2) is 0 Å². The van der Waals surface area contributed by atoms with E-state index in [1.807, 2.05) is 24.8 Å². The summed E-state index contributed by atoms with van der Waals surface area (Å²) in [7, 11) is 2.07. The van der Waals surface area contributed by atoms with Gasteiger partial charge in [-0.1, -0.05) is 0 Å². The molecule has 0 radical (unpaired) electrons. The summed E-state index contributed by atoms with van der Waals surface area (Å²) in [4.78, 5) is 40.4. The molecule has 46 heavy (non-hydrogen) atoms. The highest BCUT2D eigenvalue weighted by molar-refractivity contribution is 5.73. The molecule has 2 aromatic rings. The van der Waals surface area contributed by atoms with E-state index in [2.05, 4.69) is 43.5 Å². The van der Waals surface area contributed by atoms with Gasteiger partial charge >= 0.3 is 36.4 Å². The lowest BCUT2D eigenvalue weighted by Gasteiger charge is -2.32. The Kier molecular flexibility index (Phi) is 14.9. The Hall–Kier alpha value is -3.98. The number of alkyl halides is 9. The van der Waals surface area contributed by atoms with Crippen molar-refractivity contribution in [2.24, 2.45) is 12.5 Å². The molecule has 2 aliphatic heterocycles. The molecule has 0 bridgehead atoms. The first-order chi connectivity index (χ1) is 21.1. The van der Waals surface area contributed by atoms with Crippen molar-refractivity contribution in [3.8, 4) is 0 Å². The average Bonchev–Trinajstić information content (AvgIpc) is 3.45. The highest BCUT2D eigenvalue weighted by Crippen LogP contribution is 2.34. The van der Waals surface area contributed by atoms with E-state index in [0.717, 1.165) is 58.3 Å². The van der Waals surface area contributed by atoms with Crippen LogP contribution in [0.15, 0.2) is 36.9 Å². The third kappa shape index (κ3) is 14.9. The van der Waals surface area contributed by atoms with Crippen LogP contribution in [-0.4, -0.2) is 115 Å². The zero-order valence-corrected chi connectivity index (χ0v) is 23.9. The SMILES string of the molecule is Cn1ccnc1CN1CCC2(COCCN(Cc3ccncc3)C2)C1.O=C(O)C(F)(F)F.O=C(O)C(F)(F)F.O=C(O)C(F)(F)F. The number of nitrogens with zero attached hydrogens (tertiary/aromatic N) is 5. The van der Waals surface area contributed by atoms with Crippen molar-refractivity contribution in [2.45, 2.75) is 38.0 Å². The number of hydrogen-bond acceptors (Lipinski definition) is 8. The fourth-order valence-corrected chi connectivity index (χ4v) is 4.12. The maximum Gasteiger partial charge on any atom is 0.490 e. The molecule has 4 heterocycles. The van der Waals surface area contributed by atoms with Crippen LogP contribution in [0.25, 0.3) is 0 Å². The fourth-order valence-electron chi connectivity index (χ4n) is 4.12. The van der Waals surface area contributed by atoms with Crippen LogP contribution in [0.1, 0.15) is 17.8 Å². The maximum absolute atomic E-state index is 10.6. The van der Waals surface area contributed by atoms with E-state index >= 15 is 0 Å². The molecule has 0 saturated carbocycles. The number of carboxylic acids is 3. The highest BCUT2D eigenvalue weighted by atomic mass is 19.4. The number of rotatable bonds is 4. The second-order valence-electron chi connectivity index (χ2n) is 9.94. The van der Waals surface area contributed by atoms with Crippen LogP contribution in [0.2, 0.25) is 0 Å². The molecule has 4 rings (SSSR count). The van der Waals surface area contributed by atoms with Crippen molar-refractivity contribution in [1.82, 2.24) is 24.3 Å². The number of halogens is 9. The predicted octanol–water partition coefficient (Wildman–Crippen LogP) is 3.44. The van der Waals surface area contributed by atoms with E-state index in [4.69, 9.17) is 34.4 Å². The Balaban J connectivity index is 0.000000413. The minimum Gasteiger partial charge on any atom is -0.475 e. The van der Waals surface area contributed by atoms with Gasteiger partial charge in [-0.3, -0.25) is 14.8 Å². The Morgan fingerprint density at radius 1 is 0.804 bits per heavy atom. The van der Waals surface area contributed by atoms with E-state index in [9.17, 15) is 39.5 Å². The third-order valence-corrected chi connectivity index (χ3v) is 6.21. The van der Waals surface area contributed by atoms with Gasteiger partial charge in [0, 0.05) is 63.4 Å². The summed E-state index contributed by atoms with van der Waals surface area (Å²) in [6.07, 6.45) is -6.39. The molecule has 1 unspecified atom stereocenters. The summed E-state index contributed by atoms with van der Waals surface area (Å²) < 4.78 is 103. The van der Waals surface area contributed by atoms with Gasteiger partial charge in [0.05, 0.1) is 19.8 Å². The molecule has 12 nitrogen and oxygen atoms in total. The van der Waals surface area contributed by atoms with E-state index in [1.165, 1.54) is 12.0 Å². The standard InChI is InChI=1S/C19H27N5O.3C2HF3O2/c1-22-9-7-21-18(22)13-23-8-4-19(14-23)15-24(10-11-25-16-19)12-17-2-5-20-6-3-17;3*3-2(4,5)1(6)7/h2-3,5-7,9H,4,8,10-16H2,1H3;3*(H,6,7). The lowest BCUT2D eigenvalue weighted by atomic mass is 9.87. The van der Waals surface area contributed by atoms with Crippen molar-refractivity contribution in [2.75, 3.05) is 39.4 Å². The number of ether oxygens (including phenoxy) is 1. The molecule has 2 aliphatic rings. The smallest absolute Gasteiger partial charge is 0.475 e. The minimum absolute atomic E-state index is 0.245. The van der Waals surface area contributed by atoms with Crippen LogP contribution < -0.4 is 0 Å². The summed E-state index contributed by atoms with van der Waals surface area (Å²) in [5.74, 6) is -7.13. The molecule has 1 atom stereocenters. The predicted molar refractivity (Wildman–Crippen MR) is 137 cm³/mol. The lowest BCUT2D eigenvalue weighted by Crippen LogP contribution is -2.40. The second kappa shape index (κ2) is 17.1. The van der Waals surface area contributed by atoms with Crippen LogP contribution in [0.4, 0.5) is 39.5 Å². The summed E-state index contributed by atoms with van der Waals surface area (Å²) in [6.45, 7) is 7.92. The number of carbonyl (C=O) groups is 3. The van der Waals surface area contributed by atoms with Crippen molar-refractivity contribution in [3.05, 3.63) is 48.3 Å².